The summed E-state index contributed by atoms with van der Waals surface area (Å²) in [6.07, 6.45) is 2.25. The van der Waals surface area contributed by atoms with Crippen molar-refractivity contribution in [3.63, 3.8) is 0 Å². The van der Waals surface area contributed by atoms with Gasteiger partial charge >= 0.3 is 5.69 Å². The van der Waals surface area contributed by atoms with Crippen molar-refractivity contribution < 1.29 is 9.90 Å². The van der Waals surface area contributed by atoms with Gasteiger partial charge in [-0.3, -0.25) is 14.2 Å². The highest BCUT2D eigenvalue weighted by atomic mass is 35.5. The molecule has 0 spiro atoms. The molecule has 0 aliphatic heterocycles. The zero-order valence-electron chi connectivity index (χ0n) is 17.6. The van der Waals surface area contributed by atoms with Gasteiger partial charge in [-0.05, 0) is 25.0 Å². The van der Waals surface area contributed by atoms with Crippen molar-refractivity contribution in [1.82, 2.24) is 18.7 Å². The molecule has 0 fully saturated rings. The van der Waals surface area contributed by atoms with Gasteiger partial charge < -0.3 is 15.0 Å². The number of nitrogens with zero attached hydrogens (tertiary/aromatic N) is 4. The smallest absolute Gasteiger partial charge is 0.333 e. The summed E-state index contributed by atoms with van der Waals surface area (Å²) in [7, 11) is 0. The van der Waals surface area contributed by atoms with E-state index < -0.39 is 23.7 Å². The van der Waals surface area contributed by atoms with Gasteiger partial charge in [0.05, 0.1) is 10.7 Å². The number of aryl methyl sites for hydroxylation is 2. The summed E-state index contributed by atoms with van der Waals surface area (Å²) in [6.45, 7) is 3.92. The fourth-order valence-corrected chi connectivity index (χ4v) is 3.66. The van der Waals surface area contributed by atoms with Crippen molar-refractivity contribution in [1.29, 1.82) is 0 Å². The molecule has 3 rings (SSSR count). The number of imidazole rings is 1. The topological polar surface area (TPSA) is 111 Å². The Morgan fingerprint density at radius 3 is 2.48 bits per heavy atom. The maximum Gasteiger partial charge on any atom is 0.333 e. The van der Waals surface area contributed by atoms with Crippen molar-refractivity contribution in [2.45, 2.75) is 59.4 Å². The Bertz CT molecular complexity index is 1210. The second kappa shape index (κ2) is 9.93. The number of benzene rings is 1. The Hall–Kier alpha value is -2.91. The van der Waals surface area contributed by atoms with Gasteiger partial charge in [0.15, 0.2) is 11.2 Å². The third-order valence-corrected chi connectivity index (χ3v) is 5.30. The molecule has 2 aromatic heterocycles. The van der Waals surface area contributed by atoms with Gasteiger partial charge in [-0.2, -0.15) is 0 Å². The molecule has 0 atom stereocenters. The summed E-state index contributed by atoms with van der Waals surface area (Å²) < 4.78 is 3.95. The second-order valence-corrected chi connectivity index (χ2v) is 7.62. The number of unbranched alkanes of at least 4 members (excludes halogenated alkanes) is 1. The summed E-state index contributed by atoms with van der Waals surface area (Å²) in [5.74, 6) is -0.227. The molecular formula is C21H26ClN5O4. The number of aliphatic hydroxyl groups is 1. The lowest BCUT2D eigenvalue weighted by Gasteiger charge is -2.13. The van der Waals surface area contributed by atoms with E-state index in [1.54, 1.807) is 28.8 Å². The lowest BCUT2D eigenvalue weighted by molar-refractivity contribution is -0.116. The van der Waals surface area contributed by atoms with Crippen LogP contribution in [-0.4, -0.2) is 29.7 Å². The molecule has 3 aromatic rings. The maximum absolute atomic E-state index is 13.3. The van der Waals surface area contributed by atoms with Crippen LogP contribution in [0.3, 0.4) is 0 Å². The number of aromatic nitrogens is 4. The number of hydrogen-bond donors (Lipinski definition) is 2. The minimum atomic E-state index is -0.609. The Balaban J connectivity index is 2.13. The van der Waals surface area contributed by atoms with E-state index >= 15 is 0 Å². The first-order valence-electron chi connectivity index (χ1n) is 10.3. The quantitative estimate of drug-likeness (QED) is 0.523. The van der Waals surface area contributed by atoms with Crippen LogP contribution in [0.5, 0.6) is 0 Å². The molecule has 31 heavy (non-hydrogen) atoms. The minimum absolute atomic E-state index is 0.215. The Morgan fingerprint density at radius 2 is 1.84 bits per heavy atom. The lowest BCUT2D eigenvalue weighted by atomic mass is 10.3. The van der Waals surface area contributed by atoms with Crippen molar-refractivity contribution in [3.8, 4) is 0 Å². The van der Waals surface area contributed by atoms with Crippen molar-refractivity contribution in [2.24, 2.45) is 0 Å². The normalized spacial score (nSPS) is 11.2. The molecule has 0 aliphatic carbocycles. The van der Waals surface area contributed by atoms with Gasteiger partial charge in [0.2, 0.25) is 5.91 Å². The zero-order chi connectivity index (χ0) is 22.5. The summed E-state index contributed by atoms with van der Waals surface area (Å²) in [4.78, 5) is 43.4. The van der Waals surface area contributed by atoms with Gasteiger partial charge in [-0.15, -0.1) is 0 Å². The molecule has 2 heterocycles. The van der Waals surface area contributed by atoms with Crippen molar-refractivity contribution >= 4 is 34.4 Å². The fraction of sp³-hybridized carbons (Fsp3) is 0.429. The molecule has 0 saturated heterocycles. The number of para-hydroxylation sites is 1. The predicted octanol–water partition coefficient (Wildman–Crippen LogP) is 2.35. The number of hydrogen-bond acceptors (Lipinski definition) is 5. The Labute approximate surface area is 183 Å². The lowest BCUT2D eigenvalue weighted by Crippen LogP contribution is -2.43. The SMILES string of the molecule is CCCCn1c(=O)n(CC(=O)Nc2ccccc2Cl)c(=O)c2c1nc(CO)n2CCC. The van der Waals surface area contributed by atoms with Crippen LogP contribution >= 0.6 is 11.6 Å². The van der Waals surface area contributed by atoms with Gasteiger partial charge in [0.25, 0.3) is 5.56 Å². The Kier molecular flexibility index (Phi) is 7.29. The largest absolute Gasteiger partial charge is 0.388 e. The Morgan fingerprint density at radius 1 is 1.10 bits per heavy atom. The second-order valence-electron chi connectivity index (χ2n) is 7.22. The molecule has 10 heteroatoms. The van der Waals surface area contributed by atoms with Crippen LogP contribution in [0, 0.1) is 0 Å². The highest BCUT2D eigenvalue weighted by Gasteiger charge is 2.22. The summed E-state index contributed by atoms with van der Waals surface area (Å²) in [6, 6.07) is 6.72. The van der Waals surface area contributed by atoms with E-state index in [0.29, 0.717) is 42.5 Å². The van der Waals surface area contributed by atoms with E-state index in [1.165, 1.54) is 4.57 Å². The van der Waals surface area contributed by atoms with Crippen LogP contribution < -0.4 is 16.6 Å². The van der Waals surface area contributed by atoms with Crippen LogP contribution in [0.1, 0.15) is 38.9 Å². The first-order valence-corrected chi connectivity index (χ1v) is 10.7. The number of nitrogens with one attached hydrogen (secondary N) is 1. The number of halogens is 1. The fourth-order valence-electron chi connectivity index (χ4n) is 3.47. The van der Waals surface area contributed by atoms with Gasteiger partial charge in [0, 0.05) is 13.1 Å². The highest BCUT2D eigenvalue weighted by Crippen LogP contribution is 2.20. The molecule has 1 aromatic carbocycles. The number of aliphatic hydroxyl groups excluding tert-OH is 1. The van der Waals surface area contributed by atoms with E-state index in [0.717, 1.165) is 11.0 Å². The monoisotopic (exact) mass is 447 g/mol. The standard InChI is InChI=1S/C21H26ClN5O4/c1-3-5-11-26-19-18(25(10-4-2)16(13-28)24-19)20(30)27(21(26)31)12-17(29)23-15-9-7-6-8-14(15)22/h6-9,28H,3-5,10-13H2,1-2H3,(H,23,29). The summed E-state index contributed by atoms with van der Waals surface area (Å²) in [5.41, 5.74) is -0.363. The first kappa shape index (κ1) is 22.8. The van der Waals surface area contributed by atoms with Crippen LogP contribution in [0.4, 0.5) is 5.69 Å². The average molecular weight is 448 g/mol. The molecule has 2 N–H and O–H groups in total. The first-order chi connectivity index (χ1) is 14.9. The van der Waals surface area contributed by atoms with E-state index in [4.69, 9.17) is 11.6 Å². The molecule has 0 radical (unpaired) electrons. The number of rotatable bonds is 9. The van der Waals surface area contributed by atoms with Gasteiger partial charge in [-0.1, -0.05) is 44.0 Å². The van der Waals surface area contributed by atoms with E-state index in [2.05, 4.69) is 10.3 Å². The van der Waals surface area contributed by atoms with E-state index in [9.17, 15) is 19.5 Å². The minimum Gasteiger partial charge on any atom is -0.388 e. The molecule has 0 bridgehead atoms. The van der Waals surface area contributed by atoms with Crippen LogP contribution in [0.25, 0.3) is 11.2 Å². The third kappa shape index (κ3) is 4.57. The molecule has 1 amide bonds. The zero-order valence-corrected chi connectivity index (χ0v) is 18.4. The maximum atomic E-state index is 13.3. The number of amides is 1. The third-order valence-electron chi connectivity index (χ3n) is 4.97. The van der Waals surface area contributed by atoms with Gasteiger partial charge in [-0.25, -0.2) is 14.3 Å². The van der Waals surface area contributed by atoms with Gasteiger partial charge in [0.1, 0.15) is 19.0 Å². The van der Waals surface area contributed by atoms with Crippen molar-refractivity contribution in [3.05, 3.63) is 56.0 Å². The van der Waals surface area contributed by atoms with Crippen LogP contribution in [0.15, 0.2) is 33.9 Å². The summed E-state index contributed by atoms with van der Waals surface area (Å²) >= 11 is 6.08. The molecule has 166 valence electrons. The number of anilines is 1. The van der Waals surface area contributed by atoms with Crippen LogP contribution in [-0.2, 0) is 31.0 Å². The molecular weight excluding hydrogens is 422 g/mol. The molecule has 0 aliphatic rings. The van der Waals surface area contributed by atoms with E-state index in [-0.39, 0.29) is 17.8 Å². The average Bonchev–Trinajstić information content (AvgIpc) is 3.11. The summed E-state index contributed by atoms with van der Waals surface area (Å²) in [5, 5.41) is 12.7. The highest BCUT2D eigenvalue weighted by molar-refractivity contribution is 6.33. The molecule has 0 saturated carbocycles. The van der Waals surface area contributed by atoms with E-state index in [1.807, 2.05) is 13.8 Å². The predicted molar refractivity (Wildman–Crippen MR) is 119 cm³/mol. The number of carbonyl (C=O) groups excluding carboxylic acids is 1. The number of carbonyl (C=O) groups is 1. The molecule has 9 nitrogen and oxygen atoms in total. The van der Waals surface area contributed by atoms with Crippen molar-refractivity contribution in [2.75, 3.05) is 5.32 Å². The molecule has 0 unspecified atom stereocenters. The van der Waals surface area contributed by atoms with Crippen LogP contribution in [0.2, 0.25) is 5.02 Å². The number of fused-ring (bicyclic) bond motifs is 1.